The third-order valence-corrected chi connectivity index (χ3v) is 3.95. The van der Waals surface area contributed by atoms with Crippen molar-refractivity contribution in [1.82, 2.24) is 9.97 Å². The number of nitrogens with zero attached hydrogens (tertiary/aromatic N) is 3. The number of aromatic nitrogens is 2. The van der Waals surface area contributed by atoms with Crippen molar-refractivity contribution in [3.63, 3.8) is 0 Å². The Morgan fingerprint density at radius 3 is 2.38 bits per heavy atom. The largest absolute Gasteiger partial charge is 0.497 e. The van der Waals surface area contributed by atoms with E-state index in [0.717, 1.165) is 24.6 Å². The molecule has 0 saturated heterocycles. The number of benzene rings is 1. The second kappa shape index (κ2) is 8.06. The van der Waals surface area contributed by atoms with Crippen LogP contribution in [0.4, 0.5) is 17.5 Å². The van der Waals surface area contributed by atoms with E-state index < -0.39 is 0 Å². The summed E-state index contributed by atoms with van der Waals surface area (Å²) in [7, 11) is 3.16. The first-order chi connectivity index (χ1) is 11.5. The van der Waals surface area contributed by atoms with Crippen molar-refractivity contribution in [2.45, 2.75) is 20.8 Å². The quantitative estimate of drug-likeness (QED) is 0.813. The molecule has 1 aromatic heterocycles. The summed E-state index contributed by atoms with van der Waals surface area (Å²) in [6.45, 7) is 7.87. The standard InChI is InChI=1S/C17H23ClN4O2/c1-6-22(7-2)15-8-11(3)19-17(20-15)21-16-13(18)9-12(23-4)10-14(16)24-5/h8-10H,6-7H2,1-5H3,(H,19,20,21). The predicted molar refractivity (Wildman–Crippen MR) is 98.2 cm³/mol. The van der Waals surface area contributed by atoms with E-state index >= 15 is 0 Å². The molecule has 0 radical (unpaired) electrons. The average Bonchev–Trinajstić information content (AvgIpc) is 2.57. The molecule has 0 aliphatic heterocycles. The van der Waals surface area contributed by atoms with Gasteiger partial charge in [0, 0.05) is 37.0 Å². The number of rotatable bonds is 7. The van der Waals surface area contributed by atoms with Crippen LogP contribution in [0.2, 0.25) is 5.02 Å². The van der Waals surface area contributed by atoms with Crippen LogP contribution in [-0.2, 0) is 0 Å². The molecule has 2 rings (SSSR count). The van der Waals surface area contributed by atoms with Gasteiger partial charge in [0.2, 0.25) is 5.95 Å². The normalized spacial score (nSPS) is 10.4. The first kappa shape index (κ1) is 18.1. The molecule has 0 saturated carbocycles. The van der Waals surface area contributed by atoms with E-state index in [1.165, 1.54) is 0 Å². The monoisotopic (exact) mass is 350 g/mol. The highest BCUT2D eigenvalue weighted by atomic mass is 35.5. The summed E-state index contributed by atoms with van der Waals surface area (Å²) in [6.07, 6.45) is 0. The molecule has 1 heterocycles. The average molecular weight is 351 g/mol. The Bertz CT molecular complexity index is 705. The van der Waals surface area contributed by atoms with Gasteiger partial charge in [0.15, 0.2) is 0 Å². The number of anilines is 3. The number of ether oxygens (including phenoxy) is 2. The third-order valence-electron chi connectivity index (χ3n) is 3.65. The van der Waals surface area contributed by atoms with Gasteiger partial charge in [0.1, 0.15) is 23.0 Å². The fourth-order valence-corrected chi connectivity index (χ4v) is 2.64. The molecular weight excluding hydrogens is 328 g/mol. The Morgan fingerprint density at radius 1 is 1.08 bits per heavy atom. The van der Waals surface area contributed by atoms with Gasteiger partial charge in [-0.15, -0.1) is 0 Å². The van der Waals surface area contributed by atoms with Crippen LogP contribution in [0.25, 0.3) is 0 Å². The van der Waals surface area contributed by atoms with E-state index in [1.54, 1.807) is 26.4 Å². The van der Waals surface area contributed by atoms with Crippen LogP contribution in [-0.4, -0.2) is 37.3 Å². The molecule has 1 N–H and O–H groups in total. The lowest BCUT2D eigenvalue weighted by molar-refractivity contribution is 0.395. The van der Waals surface area contributed by atoms with E-state index in [-0.39, 0.29) is 0 Å². The molecule has 130 valence electrons. The highest BCUT2D eigenvalue weighted by Gasteiger charge is 2.14. The Labute approximate surface area is 147 Å². The summed E-state index contributed by atoms with van der Waals surface area (Å²) in [5.41, 5.74) is 1.48. The molecule has 1 aromatic carbocycles. The molecule has 24 heavy (non-hydrogen) atoms. The summed E-state index contributed by atoms with van der Waals surface area (Å²) in [5, 5.41) is 3.64. The van der Waals surface area contributed by atoms with Crippen LogP contribution in [0.15, 0.2) is 18.2 Å². The van der Waals surface area contributed by atoms with Gasteiger partial charge in [0.05, 0.1) is 19.2 Å². The molecule has 0 aliphatic rings. The molecule has 0 fully saturated rings. The number of halogens is 1. The SMILES string of the molecule is CCN(CC)c1cc(C)nc(Nc2c(Cl)cc(OC)cc2OC)n1. The molecule has 0 atom stereocenters. The first-order valence-corrected chi connectivity index (χ1v) is 8.19. The second-order valence-electron chi connectivity index (χ2n) is 5.17. The van der Waals surface area contributed by atoms with Crippen molar-refractivity contribution in [3.8, 4) is 11.5 Å². The molecule has 0 unspecified atom stereocenters. The highest BCUT2D eigenvalue weighted by molar-refractivity contribution is 6.33. The van der Waals surface area contributed by atoms with Crippen molar-refractivity contribution in [2.75, 3.05) is 37.5 Å². The van der Waals surface area contributed by atoms with E-state index in [9.17, 15) is 0 Å². The van der Waals surface area contributed by atoms with Crippen LogP contribution < -0.4 is 19.7 Å². The van der Waals surface area contributed by atoms with Crippen LogP contribution in [0.3, 0.4) is 0 Å². The highest BCUT2D eigenvalue weighted by Crippen LogP contribution is 2.38. The maximum Gasteiger partial charge on any atom is 0.229 e. The van der Waals surface area contributed by atoms with Crippen molar-refractivity contribution in [1.29, 1.82) is 0 Å². The fourth-order valence-electron chi connectivity index (χ4n) is 2.39. The summed E-state index contributed by atoms with van der Waals surface area (Å²) < 4.78 is 10.6. The first-order valence-electron chi connectivity index (χ1n) is 7.81. The smallest absolute Gasteiger partial charge is 0.229 e. The predicted octanol–water partition coefficient (Wildman–Crippen LogP) is 4.05. The Kier molecular flexibility index (Phi) is 6.09. The Morgan fingerprint density at radius 2 is 1.79 bits per heavy atom. The minimum Gasteiger partial charge on any atom is -0.497 e. The van der Waals surface area contributed by atoms with E-state index in [0.29, 0.717) is 28.2 Å². The minimum atomic E-state index is 0.473. The molecule has 0 spiro atoms. The van der Waals surface area contributed by atoms with Crippen LogP contribution in [0.5, 0.6) is 11.5 Å². The number of aryl methyl sites for hydroxylation is 1. The van der Waals surface area contributed by atoms with Crippen LogP contribution in [0.1, 0.15) is 19.5 Å². The van der Waals surface area contributed by atoms with Crippen LogP contribution >= 0.6 is 11.6 Å². The number of hydrogen-bond acceptors (Lipinski definition) is 6. The summed E-state index contributed by atoms with van der Waals surface area (Å²) >= 11 is 6.35. The number of nitrogens with one attached hydrogen (secondary N) is 1. The fraction of sp³-hybridized carbons (Fsp3) is 0.412. The van der Waals surface area contributed by atoms with Gasteiger partial charge >= 0.3 is 0 Å². The molecular formula is C17H23ClN4O2. The lowest BCUT2D eigenvalue weighted by atomic mass is 10.2. The molecule has 2 aromatic rings. The van der Waals surface area contributed by atoms with Gasteiger partial charge < -0.3 is 19.7 Å². The molecule has 6 nitrogen and oxygen atoms in total. The van der Waals surface area contributed by atoms with Gasteiger partial charge in [-0.3, -0.25) is 0 Å². The van der Waals surface area contributed by atoms with Gasteiger partial charge in [-0.25, -0.2) is 4.98 Å². The number of hydrogen-bond donors (Lipinski definition) is 1. The zero-order valence-corrected chi connectivity index (χ0v) is 15.4. The minimum absolute atomic E-state index is 0.473. The Balaban J connectivity index is 2.41. The molecule has 0 bridgehead atoms. The summed E-state index contributed by atoms with van der Waals surface area (Å²) in [4.78, 5) is 11.2. The van der Waals surface area contributed by atoms with E-state index in [1.807, 2.05) is 13.0 Å². The summed E-state index contributed by atoms with van der Waals surface area (Å²) in [5.74, 6) is 2.53. The lowest BCUT2D eigenvalue weighted by Crippen LogP contribution is -2.23. The van der Waals surface area contributed by atoms with Gasteiger partial charge in [-0.1, -0.05) is 11.6 Å². The topological polar surface area (TPSA) is 59.5 Å². The van der Waals surface area contributed by atoms with E-state index in [4.69, 9.17) is 21.1 Å². The zero-order chi connectivity index (χ0) is 17.7. The van der Waals surface area contributed by atoms with E-state index in [2.05, 4.69) is 34.0 Å². The maximum atomic E-state index is 6.35. The van der Waals surface area contributed by atoms with Crippen molar-refractivity contribution < 1.29 is 9.47 Å². The zero-order valence-electron chi connectivity index (χ0n) is 14.7. The van der Waals surface area contributed by atoms with Crippen molar-refractivity contribution in [2.24, 2.45) is 0 Å². The summed E-state index contributed by atoms with van der Waals surface area (Å²) in [6, 6.07) is 5.44. The van der Waals surface area contributed by atoms with Crippen LogP contribution in [0, 0.1) is 6.92 Å². The molecule has 7 heteroatoms. The van der Waals surface area contributed by atoms with Gasteiger partial charge in [-0.2, -0.15) is 4.98 Å². The number of methoxy groups -OCH3 is 2. The Hall–Kier alpha value is -2.21. The van der Waals surface area contributed by atoms with Gasteiger partial charge in [-0.05, 0) is 20.8 Å². The maximum absolute atomic E-state index is 6.35. The van der Waals surface area contributed by atoms with Crippen molar-refractivity contribution in [3.05, 3.63) is 28.9 Å². The van der Waals surface area contributed by atoms with Gasteiger partial charge in [0.25, 0.3) is 0 Å². The van der Waals surface area contributed by atoms with Crippen molar-refractivity contribution >= 4 is 29.1 Å². The molecule has 0 aliphatic carbocycles. The third kappa shape index (κ3) is 4.00. The lowest BCUT2D eigenvalue weighted by Gasteiger charge is -2.21. The second-order valence-corrected chi connectivity index (χ2v) is 5.58. The molecule has 0 amide bonds.